The SMILES string of the molecule is CN1CC(CC(=O)O)c2cccc(Br)c21. The van der Waals surface area contributed by atoms with Crippen LogP contribution in [-0.4, -0.2) is 24.7 Å². The van der Waals surface area contributed by atoms with Crippen molar-refractivity contribution in [2.75, 3.05) is 18.5 Å². The molecule has 1 aliphatic rings. The summed E-state index contributed by atoms with van der Waals surface area (Å²) in [7, 11) is 1.99. The van der Waals surface area contributed by atoms with Crippen molar-refractivity contribution < 1.29 is 9.90 Å². The number of carboxylic acid groups (broad SMARTS) is 1. The Morgan fingerprint density at radius 1 is 1.67 bits per heavy atom. The number of anilines is 1. The van der Waals surface area contributed by atoms with Gasteiger partial charge in [0, 0.05) is 24.0 Å². The number of likely N-dealkylation sites (N-methyl/N-ethyl adjacent to an activating group) is 1. The smallest absolute Gasteiger partial charge is 0.304 e. The number of benzene rings is 1. The van der Waals surface area contributed by atoms with Gasteiger partial charge in [0.2, 0.25) is 0 Å². The van der Waals surface area contributed by atoms with E-state index in [4.69, 9.17) is 5.11 Å². The van der Waals surface area contributed by atoms with Gasteiger partial charge in [-0.1, -0.05) is 12.1 Å². The Labute approximate surface area is 96.8 Å². The predicted molar refractivity (Wildman–Crippen MR) is 62.4 cm³/mol. The maximum atomic E-state index is 10.7. The first-order valence-electron chi connectivity index (χ1n) is 4.81. The van der Waals surface area contributed by atoms with E-state index in [0.29, 0.717) is 0 Å². The second-order valence-electron chi connectivity index (χ2n) is 3.85. The van der Waals surface area contributed by atoms with Crippen LogP contribution in [0.25, 0.3) is 0 Å². The summed E-state index contributed by atoms with van der Waals surface area (Å²) < 4.78 is 1.04. The molecule has 80 valence electrons. The van der Waals surface area contributed by atoms with Crippen molar-refractivity contribution in [1.82, 2.24) is 0 Å². The molecule has 4 heteroatoms. The van der Waals surface area contributed by atoms with Gasteiger partial charge in [-0.05, 0) is 27.6 Å². The summed E-state index contributed by atoms with van der Waals surface area (Å²) >= 11 is 3.49. The zero-order valence-electron chi connectivity index (χ0n) is 8.40. The van der Waals surface area contributed by atoms with Gasteiger partial charge in [-0.15, -0.1) is 0 Å². The molecular formula is C11H12BrNO2. The van der Waals surface area contributed by atoms with Gasteiger partial charge in [0.25, 0.3) is 0 Å². The van der Waals surface area contributed by atoms with Crippen molar-refractivity contribution in [2.45, 2.75) is 12.3 Å². The van der Waals surface area contributed by atoms with Gasteiger partial charge in [-0.3, -0.25) is 4.79 Å². The van der Waals surface area contributed by atoms with Crippen molar-refractivity contribution in [2.24, 2.45) is 0 Å². The minimum Gasteiger partial charge on any atom is -0.481 e. The molecule has 1 aromatic carbocycles. The summed E-state index contributed by atoms with van der Waals surface area (Å²) in [6.45, 7) is 0.782. The van der Waals surface area contributed by atoms with Crippen molar-refractivity contribution in [3.63, 3.8) is 0 Å². The van der Waals surface area contributed by atoms with E-state index >= 15 is 0 Å². The molecule has 1 unspecified atom stereocenters. The van der Waals surface area contributed by atoms with E-state index < -0.39 is 5.97 Å². The van der Waals surface area contributed by atoms with Crippen LogP contribution in [0.4, 0.5) is 5.69 Å². The van der Waals surface area contributed by atoms with Crippen LogP contribution in [-0.2, 0) is 4.79 Å². The number of carbonyl (C=O) groups is 1. The molecule has 1 atom stereocenters. The molecule has 2 rings (SSSR count). The number of rotatable bonds is 2. The minimum absolute atomic E-state index is 0.111. The Balaban J connectivity index is 2.38. The molecule has 1 heterocycles. The molecule has 3 nitrogen and oxygen atoms in total. The Bertz CT molecular complexity index is 406. The summed E-state index contributed by atoms with van der Waals surface area (Å²) in [5.41, 5.74) is 2.26. The Morgan fingerprint density at radius 2 is 2.40 bits per heavy atom. The highest BCUT2D eigenvalue weighted by molar-refractivity contribution is 9.10. The van der Waals surface area contributed by atoms with Gasteiger partial charge in [0.05, 0.1) is 12.1 Å². The van der Waals surface area contributed by atoms with E-state index in [0.717, 1.165) is 22.3 Å². The van der Waals surface area contributed by atoms with Gasteiger partial charge in [-0.2, -0.15) is 0 Å². The van der Waals surface area contributed by atoms with E-state index in [2.05, 4.69) is 20.8 Å². The lowest BCUT2D eigenvalue weighted by molar-refractivity contribution is -0.137. The van der Waals surface area contributed by atoms with Crippen LogP contribution in [0.1, 0.15) is 17.9 Å². The summed E-state index contributed by atoms with van der Waals surface area (Å²) in [6, 6.07) is 5.95. The summed E-state index contributed by atoms with van der Waals surface area (Å²) in [6.07, 6.45) is 0.202. The highest BCUT2D eigenvalue weighted by atomic mass is 79.9. The molecule has 0 bridgehead atoms. The van der Waals surface area contributed by atoms with E-state index in [1.54, 1.807) is 0 Å². The molecule has 1 aromatic rings. The zero-order valence-corrected chi connectivity index (χ0v) is 9.99. The average molecular weight is 270 g/mol. The molecule has 0 aliphatic carbocycles. The fraction of sp³-hybridized carbons (Fsp3) is 0.364. The van der Waals surface area contributed by atoms with Crippen LogP contribution in [0.3, 0.4) is 0 Å². The molecule has 0 saturated heterocycles. The van der Waals surface area contributed by atoms with Gasteiger partial charge in [0.15, 0.2) is 0 Å². The predicted octanol–water partition coefficient (Wildman–Crippen LogP) is 2.46. The van der Waals surface area contributed by atoms with Crippen LogP contribution in [0.5, 0.6) is 0 Å². The van der Waals surface area contributed by atoms with Gasteiger partial charge in [0.1, 0.15) is 0 Å². The van der Waals surface area contributed by atoms with Crippen molar-refractivity contribution >= 4 is 27.6 Å². The minimum atomic E-state index is -0.735. The van der Waals surface area contributed by atoms with Gasteiger partial charge in [-0.25, -0.2) is 0 Å². The van der Waals surface area contributed by atoms with Crippen molar-refractivity contribution in [3.8, 4) is 0 Å². The monoisotopic (exact) mass is 269 g/mol. The first-order valence-corrected chi connectivity index (χ1v) is 5.60. The van der Waals surface area contributed by atoms with Crippen LogP contribution >= 0.6 is 15.9 Å². The quantitative estimate of drug-likeness (QED) is 0.897. The van der Waals surface area contributed by atoms with Crippen LogP contribution in [0.15, 0.2) is 22.7 Å². The molecule has 0 spiro atoms. The molecule has 0 saturated carbocycles. The lowest BCUT2D eigenvalue weighted by atomic mass is 9.98. The van der Waals surface area contributed by atoms with Crippen LogP contribution in [0, 0.1) is 0 Å². The third kappa shape index (κ3) is 1.86. The third-order valence-corrected chi connectivity index (χ3v) is 3.39. The lowest BCUT2D eigenvalue weighted by Gasteiger charge is -2.13. The van der Waals surface area contributed by atoms with E-state index in [-0.39, 0.29) is 12.3 Å². The average Bonchev–Trinajstić information content (AvgIpc) is 2.44. The largest absolute Gasteiger partial charge is 0.481 e. The molecule has 1 aliphatic heterocycles. The fourth-order valence-electron chi connectivity index (χ4n) is 2.17. The number of hydrogen-bond donors (Lipinski definition) is 1. The highest BCUT2D eigenvalue weighted by Crippen LogP contribution is 2.41. The second-order valence-corrected chi connectivity index (χ2v) is 4.71. The number of fused-ring (bicyclic) bond motifs is 1. The molecule has 1 N–H and O–H groups in total. The number of para-hydroxylation sites is 1. The third-order valence-electron chi connectivity index (χ3n) is 2.75. The van der Waals surface area contributed by atoms with Gasteiger partial charge >= 0.3 is 5.97 Å². The number of halogens is 1. The van der Waals surface area contributed by atoms with E-state index in [9.17, 15) is 4.79 Å². The van der Waals surface area contributed by atoms with Gasteiger partial charge < -0.3 is 10.0 Å². The maximum Gasteiger partial charge on any atom is 0.304 e. The Hall–Kier alpha value is -1.03. The number of aliphatic carboxylic acids is 1. The molecule has 0 fully saturated rings. The fourth-order valence-corrected chi connectivity index (χ4v) is 2.85. The molecule has 0 amide bonds. The van der Waals surface area contributed by atoms with Crippen LogP contribution < -0.4 is 4.90 Å². The second kappa shape index (κ2) is 3.85. The number of hydrogen-bond acceptors (Lipinski definition) is 2. The first-order chi connectivity index (χ1) is 7.09. The molecule has 0 aromatic heterocycles. The molecule has 15 heavy (non-hydrogen) atoms. The van der Waals surface area contributed by atoms with E-state index in [1.807, 2.05) is 25.2 Å². The summed E-state index contributed by atoms with van der Waals surface area (Å²) in [5, 5.41) is 8.82. The molecular weight excluding hydrogens is 258 g/mol. The standard InChI is InChI=1S/C11H12BrNO2/c1-13-6-7(5-10(14)15)8-3-2-4-9(12)11(8)13/h2-4,7H,5-6H2,1H3,(H,14,15). The highest BCUT2D eigenvalue weighted by Gasteiger charge is 2.29. The summed E-state index contributed by atoms with van der Waals surface area (Å²) in [4.78, 5) is 12.8. The molecule has 0 radical (unpaired) electrons. The number of carboxylic acids is 1. The zero-order chi connectivity index (χ0) is 11.0. The van der Waals surface area contributed by atoms with E-state index in [1.165, 1.54) is 0 Å². The summed E-state index contributed by atoms with van der Waals surface area (Å²) in [5.74, 6) is -0.624. The van der Waals surface area contributed by atoms with Crippen LogP contribution in [0.2, 0.25) is 0 Å². The van der Waals surface area contributed by atoms with Crippen molar-refractivity contribution in [3.05, 3.63) is 28.2 Å². The first kappa shape index (κ1) is 10.5. The Kier molecular flexibility index (Phi) is 2.69. The number of nitrogens with zero attached hydrogens (tertiary/aromatic N) is 1. The normalized spacial score (nSPS) is 19.1. The maximum absolute atomic E-state index is 10.7. The van der Waals surface area contributed by atoms with Crippen molar-refractivity contribution in [1.29, 1.82) is 0 Å². The topological polar surface area (TPSA) is 40.5 Å². The lowest BCUT2D eigenvalue weighted by Crippen LogP contribution is -2.17. The Morgan fingerprint density at radius 3 is 3.07 bits per heavy atom.